The normalized spacial score (nSPS) is 13.4. The number of sulfonamides is 1. The summed E-state index contributed by atoms with van der Waals surface area (Å²) in [4.78, 5) is 14.9. The molecule has 1 fully saturated rings. The Hall–Kier alpha value is -3.72. The number of carbonyl (C=O) groups excluding carboxylic acids is 1. The molecule has 9 heteroatoms. The van der Waals surface area contributed by atoms with Crippen molar-refractivity contribution in [1.29, 1.82) is 0 Å². The second-order valence-corrected chi connectivity index (χ2v) is 9.52. The largest absolute Gasteiger partial charge is 0.497 e. The quantitative estimate of drug-likeness (QED) is 0.496. The molecule has 0 aliphatic carbocycles. The minimum atomic E-state index is -3.99. The van der Waals surface area contributed by atoms with E-state index in [9.17, 15) is 13.2 Å². The highest BCUT2D eigenvalue weighted by molar-refractivity contribution is 7.93. The van der Waals surface area contributed by atoms with Crippen LogP contribution in [0.4, 0.5) is 17.1 Å². The van der Waals surface area contributed by atoms with Crippen LogP contribution in [0, 0.1) is 0 Å². The van der Waals surface area contributed by atoms with E-state index in [1.165, 1.54) is 13.2 Å². The van der Waals surface area contributed by atoms with Crippen molar-refractivity contribution in [3.8, 4) is 11.5 Å². The Morgan fingerprint density at radius 3 is 2.29 bits per heavy atom. The summed E-state index contributed by atoms with van der Waals surface area (Å²) in [5.41, 5.74) is 1.75. The number of nitrogens with zero attached hydrogens (tertiary/aromatic N) is 1. The molecule has 1 saturated heterocycles. The molecule has 34 heavy (non-hydrogen) atoms. The highest BCUT2D eigenvalue weighted by atomic mass is 32.2. The molecule has 0 unspecified atom stereocenters. The van der Waals surface area contributed by atoms with Crippen molar-refractivity contribution < 1.29 is 22.7 Å². The van der Waals surface area contributed by atoms with E-state index in [0.717, 1.165) is 25.9 Å². The zero-order valence-corrected chi connectivity index (χ0v) is 19.9. The first-order valence-corrected chi connectivity index (χ1v) is 12.4. The van der Waals surface area contributed by atoms with E-state index < -0.39 is 10.0 Å². The summed E-state index contributed by atoms with van der Waals surface area (Å²) in [6.07, 6.45) is 1.99. The van der Waals surface area contributed by atoms with Crippen molar-refractivity contribution >= 4 is 33.0 Å². The summed E-state index contributed by atoms with van der Waals surface area (Å²) in [5.74, 6) is 0.706. The highest BCUT2D eigenvalue weighted by Gasteiger charge is 2.26. The zero-order valence-electron chi connectivity index (χ0n) is 19.1. The minimum Gasteiger partial charge on any atom is -0.497 e. The molecular weight excluding hydrogens is 454 g/mol. The number of amides is 1. The van der Waals surface area contributed by atoms with Crippen LogP contribution in [-0.4, -0.2) is 41.6 Å². The molecule has 0 radical (unpaired) electrons. The van der Waals surface area contributed by atoms with Crippen molar-refractivity contribution in [1.82, 2.24) is 0 Å². The number of hydrogen-bond acceptors (Lipinski definition) is 6. The number of rotatable bonds is 8. The van der Waals surface area contributed by atoms with Gasteiger partial charge in [0.15, 0.2) is 0 Å². The number of para-hydroxylation sites is 2. The van der Waals surface area contributed by atoms with E-state index in [0.29, 0.717) is 34.1 Å². The van der Waals surface area contributed by atoms with Crippen LogP contribution in [0.5, 0.6) is 11.5 Å². The van der Waals surface area contributed by atoms with Gasteiger partial charge in [0.05, 0.1) is 25.6 Å². The van der Waals surface area contributed by atoms with E-state index in [1.807, 2.05) is 4.90 Å². The molecule has 1 heterocycles. The molecule has 178 valence electrons. The maximum atomic E-state index is 13.5. The lowest BCUT2D eigenvalue weighted by molar-refractivity contribution is 0.102. The Morgan fingerprint density at radius 2 is 1.62 bits per heavy atom. The summed E-state index contributed by atoms with van der Waals surface area (Å²) in [6, 6.07) is 18.5. The van der Waals surface area contributed by atoms with Crippen LogP contribution in [0.2, 0.25) is 0 Å². The molecule has 1 aliphatic heterocycles. The Kier molecular flexibility index (Phi) is 6.93. The molecule has 0 atom stereocenters. The molecule has 3 aromatic carbocycles. The summed E-state index contributed by atoms with van der Waals surface area (Å²) >= 11 is 0. The number of benzene rings is 3. The average Bonchev–Trinajstić information content (AvgIpc) is 3.39. The first-order valence-electron chi connectivity index (χ1n) is 10.9. The van der Waals surface area contributed by atoms with Gasteiger partial charge >= 0.3 is 0 Å². The lowest BCUT2D eigenvalue weighted by atomic mass is 10.2. The van der Waals surface area contributed by atoms with E-state index >= 15 is 0 Å². The Morgan fingerprint density at radius 1 is 0.912 bits per heavy atom. The fourth-order valence-electron chi connectivity index (χ4n) is 3.90. The van der Waals surface area contributed by atoms with Crippen molar-refractivity contribution in [2.45, 2.75) is 17.7 Å². The SMILES string of the molecule is COc1ccc(C(=O)Nc2ccc(N3CCCC3)c(S(=O)(=O)Nc3ccccc3OC)c2)cc1. The van der Waals surface area contributed by atoms with Gasteiger partial charge in [-0.3, -0.25) is 9.52 Å². The van der Waals surface area contributed by atoms with Crippen LogP contribution in [0.1, 0.15) is 23.2 Å². The third-order valence-corrected chi connectivity index (χ3v) is 7.05. The van der Waals surface area contributed by atoms with Gasteiger partial charge in [0, 0.05) is 24.3 Å². The van der Waals surface area contributed by atoms with Gasteiger partial charge in [-0.2, -0.15) is 0 Å². The topological polar surface area (TPSA) is 97.0 Å². The summed E-state index contributed by atoms with van der Waals surface area (Å²) < 4.78 is 40.1. The second kappa shape index (κ2) is 10.0. The first-order chi connectivity index (χ1) is 16.4. The Labute approximate surface area is 199 Å². The molecular formula is C25H27N3O5S. The minimum absolute atomic E-state index is 0.0906. The van der Waals surface area contributed by atoms with Crippen molar-refractivity contribution in [3.63, 3.8) is 0 Å². The van der Waals surface area contributed by atoms with Crippen LogP contribution in [0.25, 0.3) is 0 Å². The van der Waals surface area contributed by atoms with Crippen LogP contribution in [0.3, 0.4) is 0 Å². The Balaban J connectivity index is 1.67. The van der Waals surface area contributed by atoms with Crippen LogP contribution in [-0.2, 0) is 10.0 Å². The Bertz CT molecular complexity index is 1270. The summed E-state index contributed by atoms with van der Waals surface area (Å²) in [5, 5.41) is 2.80. The molecule has 0 bridgehead atoms. The van der Waals surface area contributed by atoms with Gasteiger partial charge in [0.2, 0.25) is 0 Å². The number of ether oxygens (including phenoxy) is 2. The molecule has 8 nitrogen and oxygen atoms in total. The maximum absolute atomic E-state index is 13.5. The third kappa shape index (κ3) is 5.09. The van der Waals surface area contributed by atoms with E-state index in [-0.39, 0.29) is 10.8 Å². The van der Waals surface area contributed by atoms with Gasteiger partial charge in [-0.15, -0.1) is 0 Å². The predicted octanol–water partition coefficient (Wildman–Crippen LogP) is 4.36. The van der Waals surface area contributed by atoms with E-state index in [1.54, 1.807) is 67.8 Å². The lowest BCUT2D eigenvalue weighted by Crippen LogP contribution is -2.23. The lowest BCUT2D eigenvalue weighted by Gasteiger charge is -2.23. The fourth-order valence-corrected chi connectivity index (χ4v) is 5.22. The monoisotopic (exact) mass is 481 g/mol. The van der Waals surface area contributed by atoms with Crippen molar-refractivity contribution in [3.05, 3.63) is 72.3 Å². The predicted molar refractivity (Wildman–Crippen MR) is 133 cm³/mol. The number of nitrogens with one attached hydrogen (secondary N) is 2. The van der Waals surface area contributed by atoms with Gasteiger partial charge in [-0.25, -0.2) is 8.42 Å². The van der Waals surface area contributed by atoms with Gasteiger partial charge in [0.25, 0.3) is 15.9 Å². The van der Waals surface area contributed by atoms with Gasteiger partial charge < -0.3 is 19.7 Å². The number of anilines is 3. The molecule has 2 N–H and O–H groups in total. The smallest absolute Gasteiger partial charge is 0.264 e. The maximum Gasteiger partial charge on any atom is 0.264 e. The number of methoxy groups -OCH3 is 2. The van der Waals surface area contributed by atoms with Crippen molar-refractivity contribution in [2.75, 3.05) is 42.2 Å². The van der Waals surface area contributed by atoms with Crippen LogP contribution >= 0.6 is 0 Å². The number of hydrogen-bond donors (Lipinski definition) is 2. The van der Waals surface area contributed by atoms with Crippen LogP contribution in [0.15, 0.2) is 71.6 Å². The zero-order chi connectivity index (χ0) is 24.1. The molecule has 4 rings (SSSR count). The second-order valence-electron chi connectivity index (χ2n) is 7.87. The molecule has 1 aliphatic rings. The summed E-state index contributed by atoms with van der Waals surface area (Å²) in [7, 11) is -0.948. The third-order valence-electron chi connectivity index (χ3n) is 5.66. The van der Waals surface area contributed by atoms with E-state index in [2.05, 4.69) is 10.0 Å². The highest BCUT2D eigenvalue weighted by Crippen LogP contribution is 2.34. The standard InChI is InChI=1S/C25H27N3O5S/c1-32-20-12-9-18(10-13-20)25(29)26-19-11-14-22(28-15-5-6-16-28)24(17-19)34(30,31)27-21-7-3-4-8-23(21)33-2/h3-4,7-14,17,27H,5-6,15-16H2,1-2H3,(H,26,29). The average molecular weight is 482 g/mol. The summed E-state index contributed by atoms with van der Waals surface area (Å²) in [6.45, 7) is 1.55. The van der Waals surface area contributed by atoms with Crippen LogP contribution < -0.4 is 24.4 Å². The van der Waals surface area contributed by atoms with E-state index in [4.69, 9.17) is 9.47 Å². The van der Waals surface area contributed by atoms with Crippen molar-refractivity contribution in [2.24, 2.45) is 0 Å². The molecule has 3 aromatic rings. The van der Waals surface area contributed by atoms with Gasteiger partial charge in [-0.05, 0) is 67.4 Å². The first kappa shape index (κ1) is 23.4. The fraction of sp³-hybridized carbons (Fsp3) is 0.240. The van der Waals surface area contributed by atoms with Gasteiger partial charge in [-0.1, -0.05) is 12.1 Å². The van der Waals surface area contributed by atoms with Gasteiger partial charge in [0.1, 0.15) is 16.4 Å². The molecule has 0 spiro atoms. The molecule has 1 amide bonds. The molecule has 0 aromatic heterocycles. The molecule has 0 saturated carbocycles. The number of carbonyl (C=O) groups is 1.